The maximum Gasteiger partial charge on any atom is 0.122 e. The van der Waals surface area contributed by atoms with E-state index in [0.717, 1.165) is 12.0 Å². The zero-order valence-electron chi connectivity index (χ0n) is 11.6. The molecule has 0 spiro atoms. The van der Waals surface area contributed by atoms with Crippen molar-refractivity contribution in [1.82, 2.24) is 0 Å². The molecule has 1 aromatic rings. The monoisotopic (exact) mass is 262 g/mol. The lowest BCUT2D eigenvalue weighted by molar-refractivity contribution is -0.0979. The van der Waals surface area contributed by atoms with E-state index in [4.69, 9.17) is 9.53 Å². The van der Waals surface area contributed by atoms with Crippen LogP contribution in [0.25, 0.3) is 6.08 Å². The molecule has 0 aromatic heterocycles. The molecule has 0 amide bonds. The van der Waals surface area contributed by atoms with Crippen LogP contribution in [-0.4, -0.2) is 24.6 Å². The van der Waals surface area contributed by atoms with E-state index >= 15 is 0 Å². The van der Waals surface area contributed by atoms with E-state index in [9.17, 15) is 5.11 Å². The van der Waals surface area contributed by atoms with Crippen molar-refractivity contribution in [3.05, 3.63) is 48.1 Å². The molecule has 1 unspecified atom stereocenters. The molecule has 1 aliphatic heterocycles. The molecular formula is C16H22O3. The van der Waals surface area contributed by atoms with Gasteiger partial charge >= 0.3 is 0 Å². The van der Waals surface area contributed by atoms with Gasteiger partial charge in [-0.05, 0) is 17.7 Å². The number of hydrogen-bond donors (Lipinski definition) is 1. The van der Waals surface area contributed by atoms with Crippen LogP contribution in [-0.2, 0) is 9.53 Å². The zero-order valence-corrected chi connectivity index (χ0v) is 11.6. The van der Waals surface area contributed by atoms with Gasteiger partial charge in [0.2, 0.25) is 0 Å². The summed E-state index contributed by atoms with van der Waals surface area (Å²) in [4.78, 5) is 8.00. The van der Waals surface area contributed by atoms with E-state index in [2.05, 4.69) is 6.58 Å². The van der Waals surface area contributed by atoms with Crippen LogP contribution in [0, 0.1) is 0 Å². The number of aromatic hydroxyl groups is 1. The summed E-state index contributed by atoms with van der Waals surface area (Å²) in [5.41, 5.74) is 2.04. The van der Waals surface area contributed by atoms with Gasteiger partial charge in [-0.1, -0.05) is 38.1 Å². The largest absolute Gasteiger partial charge is 0.507 e. The fraction of sp³-hybridized carbons (Fsp3) is 0.312. The Bertz CT molecular complexity index is 410. The van der Waals surface area contributed by atoms with Crippen LogP contribution in [0.15, 0.2) is 42.5 Å². The van der Waals surface area contributed by atoms with Crippen LogP contribution < -0.4 is 0 Å². The third-order valence-corrected chi connectivity index (χ3v) is 2.51. The number of phenolic OH excluding ortho intramolecular Hbond substituents is 1. The Balaban J connectivity index is 0.000000741. The summed E-state index contributed by atoms with van der Waals surface area (Å²) in [5.74, 6) is 0.312. The molecule has 1 saturated heterocycles. The van der Waals surface area contributed by atoms with Gasteiger partial charge in [0.1, 0.15) is 12.5 Å². The second-order valence-corrected chi connectivity index (χ2v) is 3.65. The molecule has 2 rings (SSSR count). The number of carbonyl (C=O) groups excluding carboxylic acids is 1. The average molecular weight is 262 g/mol. The summed E-state index contributed by atoms with van der Waals surface area (Å²) >= 11 is 0. The molecular weight excluding hydrogens is 240 g/mol. The summed E-state index contributed by atoms with van der Waals surface area (Å²) in [7, 11) is 0. The predicted octanol–water partition coefficient (Wildman–Crippen LogP) is 3.59. The van der Waals surface area contributed by atoms with Gasteiger partial charge in [0.25, 0.3) is 0 Å². The van der Waals surface area contributed by atoms with Crippen LogP contribution in [0.4, 0.5) is 0 Å². The van der Waals surface area contributed by atoms with Gasteiger partial charge < -0.3 is 14.6 Å². The second-order valence-electron chi connectivity index (χ2n) is 3.65. The second kappa shape index (κ2) is 10.1. The molecule has 0 saturated carbocycles. The molecule has 1 aromatic carbocycles. The van der Waals surface area contributed by atoms with Crippen molar-refractivity contribution in [3.8, 4) is 5.75 Å². The zero-order chi connectivity index (χ0) is 14.7. The Morgan fingerprint density at radius 2 is 1.95 bits per heavy atom. The fourth-order valence-corrected chi connectivity index (χ4v) is 1.67. The highest BCUT2D eigenvalue weighted by Gasteiger charge is 2.16. The lowest BCUT2D eigenvalue weighted by Crippen LogP contribution is -1.96. The minimum Gasteiger partial charge on any atom is -0.507 e. The normalized spacial score (nSPS) is 18.8. The minimum absolute atomic E-state index is 0.127. The van der Waals surface area contributed by atoms with E-state index in [1.54, 1.807) is 6.07 Å². The van der Waals surface area contributed by atoms with Crippen LogP contribution >= 0.6 is 0 Å². The topological polar surface area (TPSA) is 46.5 Å². The van der Waals surface area contributed by atoms with Crippen LogP contribution in [0.2, 0.25) is 0 Å². The number of hydrogen-bond acceptors (Lipinski definition) is 3. The molecule has 1 aliphatic rings. The lowest BCUT2D eigenvalue weighted by Gasteiger charge is -1.99. The third-order valence-electron chi connectivity index (χ3n) is 2.51. The molecule has 3 nitrogen and oxygen atoms in total. The van der Waals surface area contributed by atoms with Crippen LogP contribution in [0.5, 0.6) is 5.75 Å². The number of ether oxygens (including phenoxy) is 1. The smallest absolute Gasteiger partial charge is 0.122 e. The molecule has 19 heavy (non-hydrogen) atoms. The highest BCUT2D eigenvalue weighted by atomic mass is 16.5. The quantitative estimate of drug-likeness (QED) is 0.828. The van der Waals surface area contributed by atoms with Gasteiger partial charge in [0, 0.05) is 12.0 Å². The Kier molecular flexibility index (Phi) is 9.10. The number of rotatable bonds is 2. The highest BCUT2D eigenvalue weighted by Crippen LogP contribution is 2.25. The third kappa shape index (κ3) is 5.53. The molecule has 3 heteroatoms. The minimum atomic E-state index is 0.127. The van der Waals surface area contributed by atoms with Gasteiger partial charge in [0.05, 0.1) is 12.7 Å². The van der Waals surface area contributed by atoms with E-state index in [-0.39, 0.29) is 6.10 Å². The molecule has 1 heterocycles. The first-order chi connectivity index (χ1) is 9.29. The molecule has 1 atom stereocenters. The van der Waals surface area contributed by atoms with Crippen molar-refractivity contribution in [3.63, 3.8) is 0 Å². The first-order valence-corrected chi connectivity index (χ1v) is 6.30. The number of para-hydroxylation sites is 1. The Hall–Kier alpha value is -1.87. The maximum absolute atomic E-state index is 9.59. The van der Waals surface area contributed by atoms with Crippen molar-refractivity contribution >= 4 is 12.9 Å². The van der Waals surface area contributed by atoms with Crippen molar-refractivity contribution in [1.29, 1.82) is 0 Å². The van der Waals surface area contributed by atoms with E-state index in [1.165, 1.54) is 5.57 Å². The molecule has 1 N–H and O–H groups in total. The standard InChI is InChI=1S/C13H14O2.C2H6.CH2O/c1-2-12-8-10(9-15-12)7-11-5-3-4-6-13(11)14;2*1-2/h2-7,12,14H,1,8-9H2;1-2H3;1H2/b10-7+;;. The number of phenols is 1. The first-order valence-electron chi connectivity index (χ1n) is 6.30. The number of benzene rings is 1. The van der Waals surface area contributed by atoms with Crippen LogP contribution in [0.1, 0.15) is 25.8 Å². The van der Waals surface area contributed by atoms with Crippen molar-refractivity contribution < 1.29 is 14.6 Å². The molecule has 0 radical (unpaired) electrons. The van der Waals surface area contributed by atoms with Gasteiger partial charge in [-0.15, -0.1) is 6.58 Å². The van der Waals surface area contributed by atoms with Gasteiger partial charge in [-0.2, -0.15) is 0 Å². The summed E-state index contributed by atoms with van der Waals surface area (Å²) in [6.45, 7) is 10.3. The van der Waals surface area contributed by atoms with Gasteiger partial charge in [-0.3, -0.25) is 0 Å². The average Bonchev–Trinajstić information content (AvgIpc) is 2.93. The SMILES string of the molecule is C=CC1C/C(=C\c2ccccc2O)CO1.C=O.CC. The Labute approximate surface area is 115 Å². The highest BCUT2D eigenvalue weighted by molar-refractivity contribution is 5.59. The number of carbonyl (C=O) groups is 1. The first kappa shape index (κ1) is 17.1. The molecule has 0 aliphatic carbocycles. The van der Waals surface area contributed by atoms with E-state index in [1.807, 2.05) is 51.0 Å². The lowest BCUT2D eigenvalue weighted by atomic mass is 10.1. The maximum atomic E-state index is 9.59. The molecule has 104 valence electrons. The molecule has 0 bridgehead atoms. The summed E-state index contributed by atoms with van der Waals surface area (Å²) in [6, 6.07) is 7.30. The van der Waals surface area contributed by atoms with Gasteiger partial charge in [-0.25, -0.2) is 0 Å². The van der Waals surface area contributed by atoms with Crippen molar-refractivity contribution in [2.45, 2.75) is 26.4 Å². The Morgan fingerprint density at radius 1 is 1.32 bits per heavy atom. The van der Waals surface area contributed by atoms with Crippen molar-refractivity contribution in [2.75, 3.05) is 6.61 Å². The predicted molar refractivity (Wildman–Crippen MR) is 79.1 cm³/mol. The van der Waals surface area contributed by atoms with Crippen molar-refractivity contribution in [2.24, 2.45) is 0 Å². The van der Waals surface area contributed by atoms with E-state index in [0.29, 0.717) is 12.4 Å². The summed E-state index contributed by atoms with van der Waals surface area (Å²) in [6.07, 6.45) is 4.80. The van der Waals surface area contributed by atoms with Crippen LogP contribution in [0.3, 0.4) is 0 Å². The summed E-state index contributed by atoms with van der Waals surface area (Å²) in [5, 5.41) is 9.59. The van der Waals surface area contributed by atoms with Gasteiger partial charge in [0.15, 0.2) is 0 Å². The molecule has 1 fully saturated rings. The summed E-state index contributed by atoms with van der Waals surface area (Å²) < 4.78 is 5.46. The fourth-order valence-electron chi connectivity index (χ4n) is 1.67. The van der Waals surface area contributed by atoms with E-state index < -0.39 is 0 Å². The Morgan fingerprint density at radius 3 is 2.47 bits per heavy atom.